The van der Waals surface area contributed by atoms with Crippen LogP contribution in [0.25, 0.3) is 11.0 Å². The number of fused-ring (bicyclic) bond motifs is 1. The topological polar surface area (TPSA) is 113 Å². The molecule has 0 radical (unpaired) electrons. The fraction of sp³-hybridized carbons (Fsp3) is 0.316. The smallest absolute Gasteiger partial charge is 0.242 e. The van der Waals surface area contributed by atoms with Crippen LogP contribution in [0.3, 0.4) is 0 Å². The van der Waals surface area contributed by atoms with Gasteiger partial charge in [-0.3, -0.25) is 4.72 Å². The zero-order chi connectivity index (χ0) is 21.9. The molecule has 0 aliphatic carbocycles. The molecule has 1 aromatic heterocycles. The monoisotopic (exact) mass is 451 g/mol. The van der Waals surface area contributed by atoms with Crippen molar-refractivity contribution in [2.45, 2.75) is 11.4 Å². The number of rotatable bonds is 9. The van der Waals surface area contributed by atoms with Crippen LogP contribution in [0, 0.1) is 0 Å². The van der Waals surface area contributed by atoms with Crippen LogP contribution < -0.4 is 10.0 Å². The average Bonchev–Trinajstić information content (AvgIpc) is 3.00. The minimum absolute atomic E-state index is 0.0967. The van der Waals surface area contributed by atoms with Crippen molar-refractivity contribution in [2.75, 3.05) is 31.1 Å². The number of aromatic nitrogens is 2. The van der Waals surface area contributed by atoms with Crippen LogP contribution >= 0.6 is 0 Å². The van der Waals surface area contributed by atoms with E-state index in [0.29, 0.717) is 18.8 Å². The van der Waals surface area contributed by atoms with Gasteiger partial charge in [-0.05, 0) is 36.4 Å². The lowest BCUT2D eigenvalue weighted by molar-refractivity contribution is 0.456. The first-order chi connectivity index (χ1) is 14.1. The van der Waals surface area contributed by atoms with Crippen molar-refractivity contribution in [3.05, 3.63) is 54.4 Å². The lowest BCUT2D eigenvalue weighted by Crippen LogP contribution is -2.34. The van der Waals surface area contributed by atoms with Crippen LogP contribution in [0.4, 0.5) is 5.69 Å². The Morgan fingerprint density at radius 1 is 1.03 bits per heavy atom. The molecule has 30 heavy (non-hydrogen) atoms. The number of hydrogen-bond acceptors (Lipinski definition) is 6. The van der Waals surface area contributed by atoms with Gasteiger partial charge in [0.25, 0.3) is 0 Å². The molecular formula is C19H25N5O4S2. The number of likely N-dealkylation sites (N-methyl/N-ethyl adjacent to an activating group) is 1. The van der Waals surface area contributed by atoms with Crippen LogP contribution in [-0.4, -0.2) is 57.1 Å². The lowest BCUT2D eigenvalue weighted by Gasteiger charge is -2.18. The van der Waals surface area contributed by atoms with Crippen molar-refractivity contribution in [3.63, 3.8) is 0 Å². The van der Waals surface area contributed by atoms with E-state index in [1.54, 1.807) is 0 Å². The van der Waals surface area contributed by atoms with Gasteiger partial charge in [0.15, 0.2) is 0 Å². The number of hydrogen-bond donors (Lipinski definition) is 2. The van der Waals surface area contributed by atoms with E-state index in [4.69, 9.17) is 0 Å². The molecule has 0 atom stereocenters. The first-order valence-corrected chi connectivity index (χ1v) is 12.6. The molecule has 0 amide bonds. The van der Waals surface area contributed by atoms with E-state index in [0.717, 1.165) is 23.1 Å². The molecule has 0 aliphatic heterocycles. The number of aryl methyl sites for hydroxylation is 1. The molecule has 11 heteroatoms. The fourth-order valence-electron chi connectivity index (χ4n) is 3.00. The summed E-state index contributed by atoms with van der Waals surface area (Å²) in [6.45, 7) is 1.24. The summed E-state index contributed by atoms with van der Waals surface area (Å²) in [7, 11) is -3.64. The summed E-state index contributed by atoms with van der Waals surface area (Å²) in [5.74, 6) is 0.871. The molecule has 0 unspecified atom stereocenters. The van der Waals surface area contributed by atoms with E-state index < -0.39 is 20.0 Å². The molecular weight excluding hydrogens is 426 g/mol. The van der Waals surface area contributed by atoms with Gasteiger partial charge in [-0.15, -0.1) is 0 Å². The molecule has 3 aromatic rings. The van der Waals surface area contributed by atoms with Crippen LogP contribution in [0.5, 0.6) is 0 Å². The molecule has 162 valence electrons. The van der Waals surface area contributed by atoms with Crippen LogP contribution in [0.1, 0.15) is 5.82 Å². The molecule has 0 aliphatic rings. The Hall–Kier alpha value is -2.47. The highest BCUT2D eigenvalue weighted by Gasteiger charge is 2.20. The number of anilines is 1. The van der Waals surface area contributed by atoms with E-state index >= 15 is 0 Å². The third kappa shape index (κ3) is 5.17. The SMILES string of the molecule is CN(CCNCc1nc2ccccc2n1C)S(=O)(=O)c1ccc(NS(C)(=O)=O)cc1. The van der Waals surface area contributed by atoms with Crippen LogP contribution in [0.15, 0.2) is 53.4 Å². The van der Waals surface area contributed by atoms with Gasteiger partial charge >= 0.3 is 0 Å². The largest absolute Gasteiger partial charge is 0.330 e. The quantitative estimate of drug-likeness (QED) is 0.475. The maximum absolute atomic E-state index is 12.7. The highest BCUT2D eigenvalue weighted by molar-refractivity contribution is 7.92. The Morgan fingerprint density at radius 2 is 1.70 bits per heavy atom. The van der Waals surface area contributed by atoms with Gasteiger partial charge in [-0.2, -0.15) is 4.31 Å². The Morgan fingerprint density at radius 3 is 2.33 bits per heavy atom. The van der Waals surface area contributed by atoms with Crippen molar-refractivity contribution in [1.29, 1.82) is 0 Å². The molecule has 1 heterocycles. The minimum atomic E-state index is -3.68. The van der Waals surface area contributed by atoms with Crippen molar-refractivity contribution in [2.24, 2.45) is 7.05 Å². The van der Waals surface area contributed by atoms with Crippen molar-refractivity contribution >= 4 is 36.8 Å². The summed E-state index contributed by atoms with van der Waals surface area (Å²) in [6.07, 6.45) is 1.03. The highest BCUT2D eigenvalue weighted by atomic mass is 32.2. The Kier molecular flexibility index (Phi) is 6.46. The second kappa shape index (κ2) is 8.72. The van der Waals surface area contributed by atoms with E-state index in [-0.39, 0.29) is 11.4 Å². The van der Waals surface area contributed by atoms with E-state index in [1.807, 2.05) is 35.9 Å². The molecule has 2 N–H and O–H groups in total. The van der Waals surface area contributed by atoms with E-state index in [2.05, 4.69) is 15.0 Å². The lowest BCUT2D eigenvalue weighted by atomic mass is 10.3. The second-order valence-electron chi connectivity index (χ2n) is 6.98. The second-order valence-corrected chi connectivity index (χ2v) is 10.8. The van der Waals surface area contributed by atoms with Crippen molar-refractivity contribution in [1.82, 2.24) is 19.2 Å². The Bertz CT molecular complexity index is 1240. The predicted octanol–water partition coefficient (Wildman–Crippen LogP) is 1.36. The number of para-hydroxylation sites is 2. The standard InChI is InChI=1S/C19H25N5O4S2/c1-23(30(27,28)16-10-8-15(9-11-16)22-29(3,25)26)13-12-20-14-19-21-17-6-4-5-7-18(17)24(19)2/h4-11,20,22H,12-14H2,1-3H3. The number of sulfonamides is 2. The number of imidazole rings is 1. The summed E-state index contributed by atoms with van der Waals surface area (Å²) >= 11 is 0. The molecule has 0 fully saturated rings. The molecule has 9 nitrogen and oxygen atoms in total. The van der Waals surface area contributed by atoms with Gasteiger partial charge in [0.2, 0.25) is 20.0 Å². The average molecular weight is 452 g/mol. The fourth-order valence-corrected chi connectivity index (χ4v) is 4.74. The summed E-state index contributed by atoms with van der Waals surface area (Å²) in [4.78, 5) is 4.68. The third-order valence-corrected chi connectivity index (χ3v) is 7.11. The van der Waals surface area contributed by atoms with E-state index in [9.17, 15) is 16.8 Å². The summed E-state index contributed by atoms with van der Waals surface area (Å²) < 4.78 is 53.5. The molecule has 0 bridgehead atoms. The molecule has 0 spiro atoms. The van der Waals surface area contributed by atoms with Crippen molar-refractivity contribution < 1.29 is 16.8 Å². The van der Waals surface area contributed by atoms with Crippen molar-refractivity contribution in [3.8, 4) is 0 Å². The van der Waals surface area contributed by atoms with Gasteiger partial charge in [0.1, 0.15) is 5.82 Å². The zero-order valence-corrected chi connectivity index (χ0v) is 18.7. The van der Waals surface area contributed by atoms with Gasteiger partial charge < -0.3 is 9.88 Å². The maximum Gasteiger partial charge on any atom is 0.242 e. The third-order valence-electron chi connectivity index (χ3n) is 4.63. The summed E-state index contributed by atoms with van der Waals surface area (Å²) in [6, 6.07) is 13.5. The molecule has 0 saturated carbocycles. The van der Waals surface area contributed by atoms with Gasteiger partial charge in [0.05, 0.1) is 28.7 Å². The minimum Gasteiger partial charge on any atom is -0.330 e. The molecule has 0 saturated heterocycles. The number of benzene rings is 2. The molecule has 3 rings (SSSR count). The number of nitrogens with zero attached hydrogens (tertiary/aromatic N) is 3. The Balaban J connectivity index is 1.57. The summed E-state index contributed by atoms with van der Waals surface area (Å²) in [5, 5.41) is 3.23. The maximum atomic E-state index is 12.7. The van der Waals surface area contributed by atoms with E-state index in [1.165, 1.54) is 35.6 Å². The predicted molar refractivity (Wildman–Crippen MR) is 117 cm³/mol. The van der Waals surface area contributed by atoms with Gasteiger partial charge in [-0.25, -0.2) is 21.8 Å². The van der Waals surface area contributed by atoms with Gasteiger partial charge in [-0.1, -0.05) is 12.1 Å². The summed E-state index contributed by atoms with van der Waals surface area (Å²) in [5.41, 5.74) is 2.27. The van der Waals surface area contributed by atoms with Crippen LogP contribution in [0.2, 0.25) is 0 Å². The first kappa shape index (κ1) is 22.2. The highest BCUT2D eigenvalue weighted by Crippen LogP contribution is 2.18. The molecule has 2 aromatic carbocycles. The van der Waals surface area contributed by atoms with Crippen LogP contribution in [-0.2, 0) is 33.6 Å². The first-order valence-electron chi connectivity index (χ1n) is 9.23. The number of nitrogens with one attached hydrogen (secondary N) is 2. The zero-order valence-electron chi connectivity index (χ0n) is 17.0. The Labute approximate surface area is 176 Å². The normalized spacial score (nSPS) is 12.5. The van der Waals surface area contributed by atoms with Gasteiger partial charge in [0, 0.05) is 32.9 Å².